The van der Waals surface area contributed by atoms with Gasteiger partial charge in [0.05, 0.1) is 0 Å². The Labute approximate surface area is 167 Å². The Bertz CT molecular complexity index is 772. The van der Waals surface area contributed by atoms with Crippen LogP contribution in [0.2, 0.25) is 0 Å². The van der Waals surface area contributed by atoms with Crippen LogP contribution in [0.25, 0.3) is 0 Å². The quantitative estimate of drug-likeness (QED) is 0.333. The van der Waals surface area contributed by atoms with Crippen molar-refractivity contribution in [1.82, 2.24) is 10.0 Å². The summed E-state index contributed by atoms with van der Waals surface area (Å²) in [4.78, 5) is 24.0. The molecule has 25 heavy (non-hydrogen) atoms. The minimum Gasteiger partial charge on any atom is -0.295 e. The molecule has 0 saturated carbocycles. The van der Waals surface area contributed by atoms with E-state index in [1.807, 2.05) is 65.7 Å². The van der Waals surface area contributed by atoms with Crippen LogP contribution in [0.4, 0.5) is 0 Å². The van der Waals surface area contributed by atoms with Crippen LogP contribution in [0.1, 0.15) is 29.6 Å². The van der Waals surface area contributed by atoms with Gasteiger partial charge in [0, 0.05) is 31.1 Å². The topological polar surface area (TPSA) is 66.7 Å². The van der Waals surface area contributed by atoms with Gasteiger partial charge in [0.15, 0.2) is 0 Å². The molecule has 0 spiro atoms. The third-order valence-electron chi connectivity index (χ3n) is 4.63. The SMILES string of the molecule is O=C1CCN2[C@H](c3ccccc3)[C-]([N+](=O)[O-])C(c3ccccc3)N12.[Na+]. The van der Waals surface area contributed by atoms with Crippen LogP contribution in [0, 0.1) is 16.2 Å². The maximum atomic E-state index is 12.4. The molecule has 2 atom stereocenters. The predicted octanol–water partition coefficient (Wildman–Crippen LogP) is -0.255. The molecule has 7 heteroatoms. The van der Waals surface area contributed by atoms with E-state index >= 15 is 0 Å². The second kappa shape index (κ2) is 7.17. The van der Waals surface area contributed by atoms with Crippen LogP contribution in [0.15, 0.2) is 60.7 Å². The first kappa shape index (κ1) is 17.9. The average molecular weight is 345 g/mol. The first-order valence-corrected chi connectivity index (χ1v) is 7.88. The molecule has 4 rings (SSSR count). The number of hydrazine groups is 1. The molecule has 2 aliphatic heterocycles. The zero-order chi connectivity index (χ0) is 16.7. The average Bonchev–Trinajstić information content (AvgIpc) is 3.14. The molecule has 0 radical (unpaired) electrons. The van der Waals surface area contributed by atoms with Crippen LogP contribution in [0.5, 0.6) is 0 Å². The van der Waals surface area contributed by atoms with Gasteiger partial charge in [-0.15, -0.1) is 4.92 Å². The Morgan fingerprint density at radius 1 is 0.960 bits per heavy atom. The second-order valence-electron chi connectivity index (χ2n) is 5.96. The molecule has 6 nitrogen and oxygen atoms in total. The number of carbonyl (C=O) groups is 1. The first-order chi connectivity index (χ1) is 11.7. The number of carbonyl (C=O) groups excluding carboxylic acids is 1. The molecule has 0 aliphatic carbocycles. The monoisotopic (exact) mass is 345 g/mol. The number of nitro groups is 1. The predicted molar refractivity (Wildman–Crippen MR) is 86.8 cm³/mol. The van der Waals surface area contributed by atoms with Gasteiger partial charge in [-0.1, -0.05) is 66.2 Å². The summed E-state index contributed by atoms with van der Waals surface area (Å²) in [5, 5.41) is 15.3. The van der Waals surface area contributed by atoms with Crippen LogP contribution < -0.4 is 29.6 Å². The molecular weight excluding hydrogens is 329 g/mol. The number of amides is 1. The molecule has 2 aromatic carbocycles. The summed E-state index contributed by atoms with van der Waals surface area (Å²) in [6, 6.07) is 17.6. The third kappa shape index (κ3) is 2.95. The van der Waals surface area contributed by atoms with E-state index in [2.05, 4.69) is 0 Å². The number of nitrogens with zero attached hydrogens (tertiary/aromatic N) is 3. The summed E-state index contributed by atoms with van der Waals surface area (Å²) < 4.78 is 0. The van der Waals surface area contributed by atoms with Crippen molar-refractivity contribution in [3.63, 3.8) is 0 Å². The smallest absolute Gasteiger partial charge is 0.295 e. The fourth-order valence-corrected chi connectivity index (χ4v) is 3.67. The van der Waals surface area contributed by atoms with Crippen molar-refractivity contribution in [3.05, 3.63) is 87.9 Å². The van der Waals surface area contributed by atoms with Crippen molar-refractivity contribution < 1.29 is 39.3 Å². The Morgan fingerprint density at radius 3 is 2.00 bits per heavy atom. The molecular formula is C18H16N3NaO3. The van der Waals surface area contributed by atoms with Gasteiger partial charge in [0.2, 0.25) is 5.91 Å². The normalized spacial score (nSPS) is 22.6. The van der Waals surface area contributed by atoms with Gasteiger partial charge in [0.1, 0.15) is 0 Å². The summed E-state index contributed by atoms with van der Waals surface area (Å²) in [5.41, 5.74) is 1.60. The van der Waals surface area contributed by atoms with E-state index in [-0.39, 0.29) is 46.4 Å². The molecule has 1 unspecified atom stereocenters. The van der Waals surface area contributed by atoms with E-state index in [4.69, 9.17) is 0 Å². The van der Waals surface area contributed by atoms with Crippen LogP contribution in [0.3, 0.4) is 0 Å². The molecule has 1 amide bonds. The van der Waals surface area contributed by atoms with E-state index in [9.17, 15) is 14.9 Å². The fourth-order valence-electron chi connectivity index (χ4n) is 3.67. The largest absolute Gasteiger partial charge is 1.00 e. The molecule has 0 N–H and O–H groups in total. The van der Waals surface area contributed by atoms with E-state index in [0.717, 1.165) is 11.1 Å². The van der Waals surface area contributed by atoms with Gasteiger partial charge >= 0.3 is 29.6 Å². The van der Waals surface area contributed by atoms with Gasteiger partial charge in [-0.3, -0.25) is 19.9 Å². The maximum Gasteiger partial charge on any atom is 1.00 e. The van der Waals surface area contributed by atoms with Crippen LogP contribution in [-0.2, 0) is 4.79 Å². The minimum absolute atomic E-state index is 0. The van der Waals surface area contributed by atoms with Crippen LogP contribution in [-0.4, -0.2) is 27.4 Å². The Hall–Kier alpha value is -1.86. The molecule has 2 fully saturated rings. The van der Waals surface area contributed by atoms with Gasteiger partial charge in [-0.25, -0.2) is 5.01 Å². The van der Waals surface area contributed by atoms with E-state index < -0.39 is 12.1 Å². The maximum absolute atomic E-state index is 12.4. The molecule has 2 aromatic rings. The second-order valence-corrected chi connectivity index (χ2v) is 5.96. The number of fused-ring (bicyclic) bond motifs is 1. The van der Waals surface area contributed by atoms with Gasteiger partial charge in [0.25, 0.3) is 0 Å². The number of benzene rings is 2. The van der Waals surface area contributed by atoms with Gasteiger partial charge in [-0.05, 0) is 5.56 Å². The zero-order valence-electron chi connectivity index (χ0n) is 13.9. The molecule has 0 bridgehead atoms. The Kier molecular flexibility index (Phi) is 5.15. The number of rotatable bonds is 3. The molecule has 2 heterocycles. The van der Waals surface area contributed by atoms with Gasteiger partial charge < -0.3 is 0 Å². The van der Waals surface area contributed by atoms with Crippen LogP contribution >= 0.6 is 0 Å². The fraction of sp³-hybridized carbons (Fsp3) is 0.222. The van der Waals surface area contributed by atoms with Crippen molar-refractivity contribution in [2.45, 2.75) is 18.5 Å². The molecule has 122 valence electrons. The van der Waals surface area contributed by atoms with Gasteiger partial charge in [-0.2, -0.15) is 0 Å². The summed E-state index contributed by atoms with van der Waals surface area (Å²) in [7, 11) is 0. The third-order valence-corrected chi connectivity index (χ3v) is 4.63. The summed E-state index contributed by atoms with van der Waals surface area (Å²) >= 11 is 0. The first-order valence-electron chi connectivity index (χ1n) is 7.88. The molecule has 2 aliphatic rings. The molecule has 0 aromatic heterocycles. The van der Waals surface area contributed by atoms with Crippen molar-refractivity contribution in [3.8, 4) is 0 Å². The summed E-state index contributed by atoms with van der Waals surface area (Å²) in [6.45, 7) is 0.499. The number of hydrogen-bond acceptors (Lipinski definition) is 4. The molecule has 2 saturated heterocycles. The summed E-state index contributed by atoms with van der Waals surface area (Å²) in [5.74, 6) is -0.0679. The Balaban J connectivity index is 0.00000182. The van der Waals surface area contributed by atoms with Crippen molar-refractivity contribution in [1.29, 1.82) is 0 Å². The van der Waals surface area contributed by atoms with Crippen molar-refractivity contribution in [2.24, 2.45) is 0 Å². The van der Waals surface area contributed by atoms with Crippen molar-refractivity contribution in [2.75, 3.05) is 6.54 Å². The standard InChI is InChI=1S/C18H16N3O3.Na/c22-15-11-12-19-16(13-7-3-1-4-8-13)18(21(23)24)17(20(15)19)14-9-5-2-6-10-14;/h1-10,16-17H,11-12H2;/q-1;+1/t16-,17?;/m1./s1. The van der Waals surface area contributed by atoms with E-state index in [1.54, 1.807) is 5.01 Å². The summed E-state index contributed by atoms with van der Waals surface area (Å²) in [6.07, 6.45) is 0.387. The van der Waals surface area contributed by atoms with E-state index in [0.29, 0.717) is 13.0 Å². The van der Waals surface area contributed by atoms with Crippen molar-refractivity contribution >= 4 is 5.91 Å². The van der Waals surface area contributed by atoms with E-state index in [1.165, 1.54) is 0 Å². The Morgan fingerprint density at radius 2 is 1.48 bits per heavy atom. The minimum atomic E-state index is -0.651. The number of hydrogen-bond donors (Lipinski definition) is 0. The zero-order valence-corrected chi connectivity index (χ0v) is 15.9.